The summed E-state index contributed by atoms with van der Waals surface area (Å²) in [4.78, 5) is 36.1. The predicted octanol–water partition coefficient (Wildman–Crippen LogP) is 4.03. The lowest BCUT2D eigenvalue weighted by atomic mass is 10.2. The van der Waals surface area contributed by atoms with Crippen molar-refractivity contribution in [1.82, 2.24) is 0 Å². The molecule has 148 valence electrons. The molecule has 2 aromatic carbocycles. The number of hydrogen-bond acceptors (Lipinski definition) is 4. The van der Waals surface area contributed by atoms with Crippen molar-refractivity contribution < 1.29 is 14.4 Å². The van der Waals surface area contributed by atoms with E-state index in [1.54, 1.807) is 24.3 Å². The molecule has 0 aliphatic heterocycles. The molecule has 0 aliphatic carbocycles. The largest absolute Gasteiger partial charge is 0.366 e. The molecule has 0 heterocycles. The zero-order chi connectivity index (χ0) is 20.5. The highest BCUT2D eigenvalue weighted by atomic mass is 32.2. The monoisotopic (exact) mass is 399 g/mol. The van der Waals surface area contributed by atoms with E-state index in [0.717, 1.165) is 23.4 Å². The minimum absolute atomic E-state index is 0.0114. The topological polar surface area (TPSA) is 101 Å². The molecule has 1 atom stereocenters. The number of nitrogens with two attached hydrogens (primary N) is 1. The lowest BCUT2D eigenvalue weighted by Crippen LogP contribution is -2.22. The van der Waals surface area contributed by atoms with Gasteiger partial charge in [-0.1, -0.05) is 13.3 Å². The molecule has 1 unspecified atom stereocenters. The summed E-state index contributed by atoms with van der Waals surface area (Å²) < 4.78 is 0. The molecule has 2 aromatic rings. The molecule has 0 aliphatic rings. The molecule has 0 saturated carbocycles. The average Bonchev–Trinajstić information content (AvgIpc) is 2.68. The van der Waals surface area contributed by atoms with Crippen LogP contribution in [0.25, 0.3) is 0 Å². The zero-order valence-electron chi connectivity index (χ0n) is 16.0. The normalized spacial score (nSPS) is 11.5. The molecule has 0 fully saturated rings. The van der Waals surface area contributed by atoms with Crippen LogP contribution in [0.15, 0.2) is 53.4 Å². The quantitative estimate of drug-likeness (QED) is 0.554. The number of carbonyl (C=O) groups is 3. The molecular weight excluding hydrogens is 374 g/mol. The van der Waals surface area contributed by atoms with Crippen molar-refractivity contribution >= 4 is 40.9 Å². The summed E-state index contributed by atoms with van der Waals surface area (Å²) in [7, 11) is 0. The zero-order valence-corrected chi connectivity index (χ0v) is 16.8. The van der Waals surface area contributed by atoms with Crippen LogP contribution in [0.4, 0.5) is 11.4 Å². The molecule has 0 radical (unpaired) electrons. The summed E-state index contributed by atoms with van der Waals surface area (Å²) in [6, 6.07) is 13.9. The van der Waals surface area contributed by atoms with Crippen molar-refractivity contribution in [2.45, 2.75) is 43.3 Å². The Labute approximate surface area is 169 Å². The molecule has 4 N–H and O–H groups in total. The second kappa shape index (κ2) is 10.5. The maximum Gasteiger partial charge on any atom is 0.248 e. The van der Waals surface area contributed by atoms with Crippen LogP contribution < -0.4 is 16.4 Å². The third-order valence-electron chi connectivity index (χ3n) is 4.01. The molecule has 2 rings (SSSR count). The van der Waals surface area contributed by atoms with E-state index in [0.29, 0.717) is 17.7 Å². The molecule has 28 heavy (non-hydrogen) atoms. The lowest BCUT2D eigenvalue weighted by molar-refractivity contribution is -0.116. The van der Waals surface area contributed by atoms with Gasteiger partial charge in [0.15, 0.2) is 0 Å². The van der Waals surface area contributed by atoms with Gasteiger partial charge < -0.3 is 16.4 Å². The van der Waals surface area contributed by atoms with Crippen molar-refractivity contribution in [2.24, 2.45) is 5.73 Å². The van der Waals surface area contributed by atoms with Gasteiger partial charge in [-0.2, -0.15) is 0 Å². The van der Waals surface area contributed by atoms with Gasteiger partial charge in [-0.3, -0.25) is 14.4 Å². The summed E-state index contributed by atoms with van der Waals surface area (Å²) >= 11 is 1.42. The highest BCUT2D eigenvalue weighted by molar-refractivity contribution is 8.00. The van der Waals surface area contributed by atoms with Gasteiger partial charge in [0.25, 0.3) is 0 Å². The van der Waals surface area contributed by atoms with Gasteiger partial charge in [-0.15, -0.1) is 11.8 Å². The van der Waals surface area contributed by atoms with Gasteiger partial charge in [-0.05, 0) is 61.9 Å². The number of nitrogens with one attached hydrogen (secondary N) is 2. The third-order valence-corrected chi connectivity index (χ3v) is 5.13. The van der Waals surface area contributed by atoms with Crippen LogP contribution in [0.3, 0.4) is 0 Å². The number of anilines is 2. The van der Waals surface area contributed by atoms with Gasteiger partial charge in [0.05, 0.1) is 5.25 Å². The van der Waals surface area contributed by atoms with Crippen LogP contribution in [-0.4, -0.2) is 23.0 Å². The lowest BCUT2D eigenvalue weighted by Gasteiger charge is -2.13. The van der Waals surface area contributed by atoms with Crippen LogP contribution >= 0.6 is 11.8 Å². The number of thioether (sulfide) groups is 1. The molecule has 0 bridgehead atoms. The number of rotatable bonds is 9. The summed E-state index contributed by atoms with van der Waals surface area (Å²) in [6.45, 7) is 3.87. The fourth-order valence-corrected chi connectivity index (χ4v) is 3.26. The van der Waals surface area contributed by atoms with Crippen LogP contribution in [-0.2, 0) is 9.59 Å². The molecule has 0 saturated heterocycles. The van der Waals surface area contributed by atoms with Crippen LogP contribution in [0.5, 0.6) is 0 Å². The van der Waals surface area contributed by atoms with Crippen LogP contribution in [0.2, 0.25) is 0 Å². The smallest absolute Gasteiger partial charge is 0.248 e. The van der Waals surface area contributed by atoms with Crippen molar-refractivity contribution in [3.8, 4) is 0 Å². The number of primary amides is 1. The Kier molecular flexibility index (Phi) is 8.07. The van der Waals surface area contributed by atoms with Crippen molar-refractivity contribution in [2.75, 3.05) is 10.6 Å². The van der Waals surface area contributed by atoms with E-state index in [-0.39, 0.29) is 17.1 Å². The Balaban J connectivity index is 1.87. The number of amides is 3. The average molecular weight is 400 g/mol. The minimum atomic E-state index is -0.508. The first-order valence-corrected chi connectivity index (χ1v) is 10.0. The SMILES string of the molecule is CCCCC(=O)Nc1ccc(SC(C)C(=O)Nc2ccc(C(N)=O)cc2)cc1. The fourth-order valence-electron chi connectivity index (χ4n) is 2.40. The second-order valence-corrected chi connectivity index (χ2v) is 7.78. The second-order valence-electron chi connectivity index (χ2n) is 6.37. The van der Waals surface area contributed by atoms with E-state index in [1.807, 2.05) is 38.1 Å². The maximum absolute atomic E-state index is 12.4. The highest BCUT2D eigenvalue weighted by Crippen LogP contribution is 2.26. The number of benzene rings is 2. The van der Waals surface area contributed by atoms with Gasteiger partial charge in [0.1, 0.15) is 0 Å². The molecular formula is C21H25N3O3S. The van der Waals surface area contributed by atoms with Gasteiger partial charge in [0, 0.05) is 28.3 Å². The van der Waals surface area contributed by atoms with Gasteiger partial charge in [0.2, 0.25) is 17.7 Å². The van der Waals surface area contributed by atoms with E-state index in [4.69, 9.17) is 5.73 Å². The molecule has 7 heteroatoms. The Bertz CT molecular complexity index is 820. The minimum Gasteiger partial charge on any atom is -0.366 e. The highest BCUT2D eigenvalue weighted by Gasteiger charge is 2.15. The Morgan fingerprint density at radius 3 is 2.11 bits per heavy atom. The molecule has 0 spiro atoms. The van der Waals surface area contributed by atoms with Crippen LogP contribution in [0.1, 0.15) is 43.5 Å². The van der Waals surface area contributed by atoms with Crippen molar-refractivity contribution in [3.05, 3.63) is 54.1 Å². The maximum atomic E-state index is 12.4. The number of hydrogen-bond donors (Lipinski definition) is 3. The number of unbranched alkanes of at least 4 members (excludes halogenated alkanes) is 1. The van der Waals surface area contributed by atoms with Crippen molar-refractivity contribution in [1.29, 1.82) is 0 Å². The summed E-state index contributed by atoms with van der Waals surface area (Å²) in [6.07, 6.45) is 2.38. The van der Waals surface area contributed by atoms with Gasteiger partial charge in [-0.25, -0.2) is 0 Å². The van der Waals surface area contributed by atoms with E-state index in [2.05, 4.69) is 10.6 Å². The Hall–Kier alpha value is -2.80. The number of carbonyl (C=O) groups excluding carboxylic acids is 3. The van der Waals surface area contributed by atoms with Crippen LogP contribution in [0, 0.1) is 0 Å². The van der Waals surface area contributed by atoms with E-state index in [1.165, 1.54) is 11.8 Å². The molecule has 3 amide bonds. The Morgan fingerprint density at radius 1 is 0.964 bits per heavy atom. The fraction of sp³-hybridized carbons (Fsp3) is 0.286. The standard InChI is InChI=1S/C21H25N3O3S/c1-3-4-5-19(25)23-16-10-12-18(13-11-16)28-14(2)21(27)24-17-8-6-15(7-9-17)20(22)26/h6-14H,3-5H2,1-2H3,(H2,22,26)(H,23,25)(H,24,27). The predicted molar refractivity (Wildman–Crippen MR) is 114 cm³/mol. The van der Waals surface area contributed by atoms with E-state index >= 15 is 0 Å². The van der Waals surface area contributed by atoms with Gasteiger partial charge >= 0.3 is 0 Å². The molecule has 6 nitrogen and oxygen atoms in total. The van der Waals surface area contributed by atoms with E-state index < -0.39 is 5.91 Å². The summed E-state index contributed by atoms with van der Waals surface area (Å²) in [5.74, 6) is -0.641. The first-order chi connectivity index (χ1) is 13.4. The third kappa shape index (κ3) is 6.74. The van der Waals surface area contributed by atoms with E-state index in [9.17, 15) is 14.4 Å². The summed E-state index contributed by atoms with van der Waals surface area (Å²) in [5.41, 5.74) is 6.95. The summed E-state index contributed by atoms with van der Waals surface area (Å²) in [5, 5.41) is 5.36. The first-order valence-electron chi connectivity index (χ1n) is 9.16. The van der Waals surface area contributed by atoms with Crippen molar-refractivity contribution in [3.63, 3.8) is 0 Å². The Morgan fingerprint density at radius 2 is 1.54 bits per heavy atom. The first kappa shape index (κ1) is 21.5. The molecule has 0 aromatic heterocycles.